The van der Waals surface area contributed by atoms with Crippen LogP contribution in [0.25, 0.3) is 0 Å². The first-order valence-corrected chi connectivity index (χ1v) is 8.91. The number of fused-ring (bicyclic) bond motifs is 1. The molecule has 0 saturated carbocycles. The molecule has 1 aromatic carbocycles. The van der Waals surface area contributed by atoms with Crippen LogP contribution in [0.5, 0.6) is 11.5 Å². The van der Waals surface area contributed by atoms with Crippen molar-refractivity contribution < 1.29 is 19.4 Å². The quantitative estimate of drug-likeness (QED) is 0.627. The Balaban J connectivity index is 1.92. The second-order valence-electron chi connectivity index (χ2n) is 7.64. The van der Waals surface area contributed by atoms with Crippen LogP contribution in [0.4, 0.5) is 0 Å². The van der Waals surface area contributed by atoms with Crippen LogP contribution in [-0.4, -0.2) is 47.8 Å². The van der Waals surface area contributed by atoms with E-state index in [0.717, 1.165) is 24.1 Å². The number of phenols is 1. The smallest absolute Gasteiger partial charge is 0.303 e. The van der Waals surface area contributed by atoms with Gasteiger partial charge in [0.25, 0.3) is 0 Å². The van der Waals surface area contributed by atoms with Crippen molar-refractivity contribution in [1.29, 1.82) is 0 Å². The van der Waals surface area contributed by atoms with Crippen LogP contribution in [0.15, 0.2) is 24.3 Å². The van der Waals surface area contributed by atoms with Gasteiger partial charge in [-0.05, 0) is 51.6 Å². The van der Waals surface area contributed by atoms with E-state index in [4.69, 9.17) is 9.47 Å². The summed E-state index contributed by atoms with van der Waals surface area (Å²) >= 11 is 0. The SMILES string of the molecule is CC(=O)O[C@H]1C=CC2[C@@H](C)N(C)CC[C@@]23c2c(C)ccc(O)c2O[C@@H]13. The van der Waals surface area contributed by atoms with Crippen LogP contribution in [0, 0.1) is 12.8 Å². The lowest BCUT2D eigenvalue weighted by atomic mass is 9.57. The molecule has 1 fully saturated rings. The molecule has 1 aliphatic carbocycles. The maximum Gasteiger partial charge on any atom is 0.303 e. The van der Waals surface area contributed by atoms with Crippen molar-refractivity contribution in [3.8, 4) is 11.5 Å². The van der Waals surface area contributed by atoms with Crippen LogP contribution in [0.3, 0.4) is 0 Å². The largest absolute Gasteiger partial charge is 0.504 e. The Morgan fingerprint density at radius 3 is 2.88 bits per heavy atom. The Morgan fingerprint density at radius 2 is 2.16 bits per heavy atom. The molecule has 1 N–H and O–H groups in total. The Hall–Kier alpha value is -2.01. The number of hydrogen-bond acceptors (Lipinski definition) is 5. The summed E-state index contributed by atoms with van der Waals surface area (Å²) in [4.78, 5) is 14.0. The zero-order valence-corrected chi connectivity index (χ0v) is 15.2. The monoisotopic (exact) mass is 343 g/mol. The van der Waals surface area contributed by atoms with Crippen LogP contribution in [0.2, 0.25) is 0 Å². The molecule has 5 heteroatoms. The van der Waals surface area contributed by atoms with E-state index in [-0.39, 0.29) is 29.2 Å². The third-order valence-corrected chi connectivity index (χ3v) is 6.36. The van der Waals surface area contributed by atoms with Gasteiger partial charge < -0.3 is 19.5 Å². The van der Waals surface area contributed by atoms with E-state index in [2.05, 4.69) is 31.9 Å². The van der Waals surface area contributed by atoms with E-state index >= 15 is 0 Å². The molecular weight excluding hydrogens is 318 g/mol. The maximum absolute atomic E-state index is 11.6. The third-order valence-electron chi connectivity index (χ3n) is 6.36. The van der Waals surface area contributed by atoms with Gasteiger partial charge in [-0.15, -0.1) is 0 Å². The Morgan fingerprint density at radius 1 is 1.40 bits per heavy atom. The number of benzene rings is 1. The van der Waals surface area contributed by atoms with Crippen LogP contribution >= 0.6 is 0 Å². The second-order valence-corrected chi connectivity index (χ2v) is 7.64. The molecule has 0 bridgehead atoms. The number of likely N-dealkylation sites (tertiary alicyclic amines) is 1. The number of aromatic hydroxyl groups is 1. The number of aryl methyl sites for hydroxylation is 1. The van der Waals surface area contributed by atoms with Gasteiger partial charge in [-0.25, -0.2) is 0 Å². The number of ether oxygens (including phenoxy) is 2. The molecule has 1 unspecified atom stereocenters. The maximum atomic E-state index is 11.6. The summed E-state index contributed by atoms with van der Waals surface area (Å²) < 4.78 is 11.9. The summed E-state index contributed by atoms with van der Waals surface area (Å²) in [7, 11) is 2.14. The highest BCUT2D eigenvalue weighted by Gasteiger charge is 2.62. The Kier molecular flexibility index (Phi) is 3.62. The van der Waals surface area contributed by atoms with Gasteiger partial charge in [0, 0.05) is 29.9 Å². The summed E-state index contributed by atoms with van der Waals surface area (Å²) in [5, 5.41) is 10.4. The number of nitrogens with zero attached hydrogens (tertiary/aromatic N) is 1. The lowest BCUT2D eigenvalue weighted by Gasteiger charge is -2.53. The van der Waals surface area contributed by atoms with Gasteiger partial charge in [0.2, 0.25) is 0 Å². The molecule has 4 rings (SSSR count). The van der Waals surface area contributed by atoms with Gasteiger partial charge in [0.15, 0.2) is 17.6 Å². The van der Waals surface area contributed by atoms with Crippen molar-refractivity contribution in [3.63, 3.8) is 0 Å². The number of esters is 1. The summed E-state index contributed by atoms with van der Waals surface area (Å²) in [6.45, 7) is 6.66. The molecule has 1 saturated heterocycles. The zero-order chi connectivity index (χ0) is 17.9. The number of carbonyl (C=O) groups excluding carboxylic acids is 1. The normalized spacial score (nSPS) is 36.2. The van der Waals surface area contributed by atoms with E-state index in [9.17, 15) is 9.90 Å². The average Bonchev–Trinajstić information content (AvgIpc) is 2.92. The van der Waals surface area contributed by atoms with Crippen LogP contribution < -0.4 is 4.74 Å². The molecule has 2 heterocycles. The minimum absolute atomic E-state index is 0.163. The first-order chi connectivity index (χ1) is 11.9. The molecule has 2 aliphatic heterocycles. The van der Waals surface area contributed by atoms with Gasteiger partial charge >= 0.3 is 5.97 Å². The van der Waals surface area contributed by atoms with E-state index in [0.29, 0.717) is 11.8 Å². The molecule has 1 spiro atoms. The number of rotatable bonds is 1. The summed E-state index contributed by atoms with van der Waals surface area (Å²) in [6, 6.07) is 3.97. The highest BCUT2D eigenvalue weighted by atomic mass is 16.6. The summed E-state index contributed by atoms with van der Waals surface area (Å²) in [6.07, 6.45) is 4.32. The molecule has 0 aromatic heterocycles. The van der Waals surface area contributed by atoms with Gasteiger partial charge in [-0.1, -0.05) is 12.1 Å². The van der Waals surface area contributed by atoms with Crippen LogP contribution in [0.1, 0.15) is 31.4 Å². The first-order valence-electron chi connectivity index (χ1n) is 8.91. The fourth-order valence-electron chi connectivity index (χ4n) is 5.12. The second kappa shape index (κ2) is 5.49. The molecule has 134 valence electrons. The number of phenolic OH excluding ortho intramolecular Hbond substituents is 1. The van der Waals surface area contributed by atoms with E-state index in [1.54, 1.807) is 6.07 Å². The van der Waals surface area contributed by atoms with Crippen molar-refractivity contribution in [2.45, 2.75) is 50.9 Å². The zero-order valence-electron chi connectivity index (χ0n) is 15.2. The fourth-order valence-corrected chi connectivity index (χ4v) is 5.12. The molecule has 0 radical (unpaired) electrons. The van der Waals surface area contributed by atoms with Crippen molar-refractivity contribution >= 4 is 5.97 Å². The summed E-state index contributed by atoms with van der Waals surface area (Å²) in [5.41, 5.74) is 1.93. The Bertz CT molecular complexity index is 758. The van der Waals surface area contributed by atoms with E-state index in [1.165, 1.54) is 6.92 Å². The average molecular weight is 343 g/mol. The molecule has 1 aromatic rings. The molecule has 3 aliphatic rings. The molecule has 25 heavy (non-hydrogen) atoms. The molecule has 5 nitrogen and oxygen atoms in total. The van der Waals surface area contributed by atoms with Crippen molar-refractivity contribution in [1.82, 2.24) is 4.90 Å². The van der Waals surface area contributed by atoms with E-state index < -0.39 is 6.10 Å². The van der Waals surface area contributed by atoms with Gasteiger partial charge in [0.1, 0.15) is 6.10 Å². The first kappa shape index (κ1) is 16.5. The van der Waals surface area contributed by atoms with Gasteiger partial charge in [-0.3, -0.25) is 4.79 Å². The number of piperidine rings is 1. The van der Waals surface area contributed by atoms with Crippen LogP contribution in [-0.2, 0) is 14.9 Å². The predicted molar refractivity (Wildman–Crippen MR) is 93.8 cm³/mol. The lowest BCUT2D eigenvalue weighted by Crippen LogP contribution is -2.62. The minimum atomic E-state index is -0.435. The minimum Gasteiger partial charge on any atom is -0.504 e. The molecule has 5 atom stereocenters. The van der Waals surface area contributed by atoms with Crippen molar-refractivity contribution in [3.05, 3.63) is 35.4 Å². The fraction of sp³-hybridized carbons (Fsp3) is 0.550. The predicted octanol–water partition coefficient (Wildman–Crippen LogP) is 2.54. The summed E-state index contributed by atoms with van der Waals surface area (Å²) in [5.74, 6) is 0.651. The molecular formula is C20H25NO4. The Labute approximate surface area is 148 Å². The topological polar surface area (TPSA) is 59.0 Å². The molecule has 0 amide bonds. The number of carbonyl (C=O) groups is 1. The third kappa shape index (κ3) is 2.15. The van der Waals surface area contributed by atoms with Crippen molar-refractivity contribution in [2.75, 3.05) is 13.6 Å². The highest BCUT2D eigenvalue weighted by Crippen LogP contribution is 2.59. The highest BCUT2D eigenvalue weighted by molar-refractivity contribution is 5.67. The van der Waals surface area contributed by atoms with Gasteiger partial charge in [0.05, 0.1) is 0 Å². The lowest BCUT2D eigenvalue weighted by molar-refractivity contribution is -0.151. The number of hydrogen-bond donors (Lipinski definition) is 1. The van der Waals surface area contributed by atoms with E-state index in [1.807, 2.05) is 12.1 Å². The standard InChI is InChI=1S/C20H25NO4/c1-11-5-7-15(23)18-17(11)20-9-10-21(4)12(2)14(20)6-8-16(19(20)25-18)24-13(3)22/h5-8,12,14,16,19,23H,9-10H2,1-4H3/t12-,14?,16+,19+,20+/m1/s1. The van der Waals surface area contributed by atoms with Crippen molar-refractivity contribution in [2.24, 2.45) is 5.92 Å². The van der Waals surface area contributed by atoms with Gasteiger partial charge in [-0.2, -0.15) is 0 Å².